The molecule has 1 N–H and O–H groups in total. The SMILES string of the molecule is COc1c(C2NCC(C)CS2)c(C)nn1C. The van der Waals surface area contributed by atoms with Crippen molar-refractivity contribution in [1.29, 1.82) is 0 Å². The number of nitrogens with zero attached hydrogens (tertiary/aromatic N) is 2. The van der Waals surface area contributed by atoms with Gasteiger partial charge in [0.1, 0.15) is 0 Å². The number of hydrogen-bond donors (Lipinski definition) is 1. The Morgan fingerprint density at radius 2 is 2.31 bits per heavy atom. The van der Waals surface area contributed by atoms with Gasteiger partial charge in [-0.2, -0.15) is 5.10 Å². The zero-order valence-electron chi connectivity index (χ0n) is 10.3. The third-order valence-electron chi connectivity index (χ3n) is 2.87. The van der Waals surface area contributed by atoms with Gasteiger partial charge in [0.15, 0.2) is 0 Å². The molecular formula is C11H19N3OS. The number of aryl methyl sites for hydroxylation is 2. The normalized spacial score (nSPS) is 25.8. The van der Waals surface area contributed by atoms with Gasteiger partial charge in [0.2, 0.25) is 5.88 Å². The second-order valence-electron chi connectivity index (χ2n) is 4.36. The van der Waals surface area contributed by atoms with Crippen LogP contribution in [0.1, 0.15) is 23.6 Å². The molecule has 4 nitrogen and oxygen atoms in total. The third-order valence-corrected chi connectivity index (χ3v) is 4.37. The van der Waals surface area contributed by atoms with Gasteiger partial charge in [-0.15, -0.1) is 11.8 Å². The predicted octanol–water partition coefficient (Wildman–Crippen LogP) is 1.71. The largest absolute Gasteiger partial charge is 0.481 e. The van der Waals surface area contributed by atoms with E-state index in [1.54, 1.807) is 7.11 Å². The van der Waals surface area contributed by atoms with E-state index >= 15 is 0 Å². The van der Waals surface area contributed by atoms with Gasteiger partial charge in [0, 0.05) is 7.05 Å². The number of aromatic nitrogens is 2. The van der Waals surface area contributed by atoms with Crippen molar-refractivity contribution in [2.75, 3.05) is 19.4 Å². The molecule has 1 aliphatic heterocycles. The van der Waals surface area contributed by atoms with E-state index in [9.17, 15) is 0 Å². The standard InChI is InChI=1S/C11H19N3OS/c1-7-5-12-10(16-6-7)9-8(2)13-14(3)11(9)15-4/h7,10,12H,5-6H2,1-4H3. The van der Waals surface area contributed by atoms with E-state index in [1.165, 1.54) is 11.3 Å². The van der Waals surface area contributed by atoms with Crippen molar-refractivity contribution in [2.45, 2.75) is 19.2 Å². The van der Waals surface area contributed by atoms with Crippen LogP contribution in [0.4, 0.5) is 0 Å². The van der Waals surface area contributed by atoms with Crippen LogP contribution in [0.5, 0.6) is 5.88 Å². The fraction of sp³-hybridized carbons (Fsp3) is 0.727. The number of nitrogens with one attached hydrogen (secondary N) is 1. The minimum absolute atomic E-state index is 0.319. The summed E-state index contributed by atoms with van der Waals surface area (Å²) in [6.07, 6.45) is 0. The molecule has 2 unspecified atom stereocenters. The first-order chi connectivity index (χ1) is 7.63. The highest BCUT2D eigenvalue weighted by Crippen LogP contribution is 2.37. The molecular weight excluding hydrogens is 222 g/mol. The summed E-state index contributed by atoms with van der Waals surface area (Å²) in [4.78, 5) is 0. The average Bonchev–Trinajstić information content (AvgIpc) is 2.54. The molecule has 1 fully saturated rings. The molecule has 0 amide bonds. The van der Waals surface area contributed by atoms with Crippen molar-refractivity contribution in [1.82, 2.24) is 15.1 Å². The van der Waals surface area contributed by atoms with Crippen LogP contribution >= 0.6 is 11.8 Å². The fourth-order valence-electron chi connectivity index (χ4n) is 2.07. The van der Waals surface area contributed by atoms with Gasteiger partial charge in [-0.25, -0.2) is 4.68 Å². The van der Waals surface area contributed by atoms with E-state index in [1.807, 2.05) is 30.4 Å². The summed E-state index contributed by atoms with van der Waals surface area (Å²) in [6.45, 7) is 5.37. The smallest absolute Gasteiger partial charge is 0.217 e. The van der Waals surface area contributed by atoms with Crippen LogP contribution < -0.4 is 10.1 Å². The van der Waals surface area contributed by atoms with E-state index < -0.39 is 0 Å². The molecule has 0 radical (unpaired) electrons. The molecule has 2 atom stereocenters. The minimum Gasteiger partial charge on any atom is -0.481 e. The Morgan fingerprint density at radius 1 is 1.56 bits per heavy atom. The molecule has 0 aromatic carbocycles. The van der Waals surface area contributed by atoms with Gasteiger partial charge in [-0.3, -0.25) is 0 Å². The maximum absolute atomic E-state index is 5.42. The van der Waals surface area contributed by atoms with E-state index in [0.29, 0.717) is 5.37 Å². The Balaban J connectivity index is 2.25. The van der Waals surface area contributed by atoms with Gasteiger partial charge in [-0.1, -0.05) is 6.92 Å². The maximum Gasteiger partial charge on any atom is 0.217 e. The van der Waals surface area contributed by atoms with Crippen molar-refractivity contribution in [3.8, 4) is 5.88 Å². The van der Waals surface area contributed by atoms with E-state index in [2.05, 4.69) is 17.3 Å². The van der Waals surface area contributed by atoms with Crippen molar-refractivity contribution in [3.63, 3.8) is 0 Å². The molecule has 1 aromatic rings. The van der Waals surface area contributed by atoms with Crippen LogP contribution in [0.2, 0.25) is 0 Å². The first-order valence-electron chi connectivity index (χ1n) is 5.56. The summed E-state index contributed by atoms with van der Waals surface area (Å²) in [5, 5.41) is 8.28. The van der Waals surface area contributed by atoms with Gasteiger partial charge in [0.05, 0.1) is 23.7 Å². The Hall–Kier alpha value is -0.680. The first kappa shape index (κ1) is 11.8. The van der Waals surface area contributed by atoms with E-state index in [0.717, 1.165) is 24.0 Å². The van der Waals surface area contributed by atoms with Crippen LogP contribution in [0.3, 0.4) is 0 Å². The molecule has 5 heteroatoms. The number of rotatable bonds is 2. The predicted molar refractivity (Wildman–Crippen MR) is 66.9 cm³/mol. The van der Waals surface area contributed by atoms with Crippen LogP contribution in [0, 0.1) is 12.8 Å². The second-order valence-corrected chi connectivity index (χ2v) is 5.50. The average molecular weight is 241 g/mol. The molecule has 0 aliphatic carbocycles. The molecule has 0 spiro atoms. The Kier molecular flexibility index (Phi) is 3.44. The van der Waals surface area contributed by atoms with E-state index in [-0.39, 0.29) is 0 Å². The summed E-state index contributed by atoms with van der Waals surface area (Å²) < 4.78 is 7.23. The highest BCUT2D eigenvalue weighted by molar-refractivity contribution is 7.99. The third kappa shape index (κ3) is 2.06. The zero-order valence-corrected chi connectivity index (χ0v) is 11.1. The molecule has 1 saturated heterocycles. The van der Waals surface area contributed by atoms with Crippen molar-refractivity contribution in [2.24, 2.45) is 13.0 Å². The molecule has 16 heavy (non-hydrogen) atoms. The quantitative estimate of drug-likeness (QED) is 0.855. The maximum atomic E-state index is 5.42. The molecule has 90 valence electrons. The first-order valence-corrected chi connectivity index (χ1v) is 6.60. The van der Waals surface area contributed by atoms with Crippen LogP contribution in [0.25, 0.3) is 0 Å². The molecule has 2 rings (SSSR count). The van der Waals surface area contributed by atoms with Crippen molar-refractivity contribution < 1.29 is 4.74 Å². The highest BCUT2D eigenvalue weighted by Gasteiger charge is 2.26. The molecule has 1 aromatic heterocycles. The monoisotopic (exact) mass is 241 g/mol. The summed E-state index contributed by atoms with van der Waals surface area (Å²) >= 11 is 1.94. The van der Waals surface area contributed by atoms with Crippen LogP contribution in [0.15, 0.2) is 0 Å². The Bertz CT molecular complexity index is 370. The van der Waals surface area contributed by atoms with Gasteiger partial charge >= 0.3 is 0 Å². The number of thioether (sulfide) groups is 1. The number of hydrogen-bond acceptors (Lipinski definition) is 4. The molecule has 2 heterocycles. The number of ether oxygens (including phenoxy) is 1. The van der Waals surface area contributed by atoms with Gasteiger partial charge < -0.3 is 10.1 Å². The van der Waals surface area contributed by atoms with Crippen molar-refractivity contribution >= 4 is 11.8 Å². The molecule has 0 saturated carbocycles. The lowest BCUT2D eigenvalue weighted by atomic mass is 10.2. The summed E-state index contributed by atoms with van der Waals surface area (Å²) in [7, 11) is 3.63. The van der Waals surface area contributed by atoms with Crippen LogP contribution in [-0.4, -0.2) is 29.2 Å². The summed E-state index contributed by atoms with van der Waals surface area (Å²) in [6, 6.07) is 0. The molecule has 1 aliphatic rings. The number of methoxy groups -OCH3 is 1. The summed E-state index contributed by atoms with van der Waals surface area (Å²) in [5.41, 5.74) is 2.25. The second kappa shape index (κ2) is 4.67. The minimum atomic E-state index is 0.319. The topological polar surface area (TPSA) is 39.1 Å². The lowest BCUT2D eigenvalue weighted by molar-refractivity contribution is 0.366. The Labute approximate surface area is 101 Å². The zero-order chi connectivity index (χ0) is 11.7. The Morgan fingerprint density at radius 3 is 2.88 bits per heavy atom. The lowest BCUT2D eigenvalue weighted by Gasteiger charge is -2.27. The molecule has 0 bridgehead atoms. The van der Waals surface area contributed by atoms with Gasteiger partial charge in [-0.05, 0) is 25.1 Å². The summed E-state index contributed by atoms with van der Waals surface area (Å²) in [5.74, 6) is 2.80. The van der Waals surface area contributed by atoms with Crippen molar-refractivity contribution in [3.05, 3.63) is 11.3 Å². The van der Waals surface area contributed by atoms with Crippen LogP contribution in [-0.2, 0) is 7.05 Å². The highest BCUT2D eigenvalue weighted by atomic mass is 32.2. The van der Waals surface area contributed by atoms with E-state index in [4.69, 9.17) is 4.74 Å². The fourth-order valence-corrected chi connectivity index (χ4v) is 3.36. The van der Waals surface area contributed by atoms with Gasteiger partial charge in [0.25, 0.3) is 0 Å². The lowest BCUT2D eigenvalue weighted by Crippen LogP contribution is -2.31.